The van der Waals surface area contributed by atoms with E-state index in [9.17, 15) is 10.1 Å². The maximum atomic E-state index is 12.4. The van der Waals surface area contributed by atoms with Crippen LogP contribution in [0.4, 0.5) is 0 Å². The van der Waals surface area contributed by atoms with Gasteiger partial charge in [-0.05, 0) is 60.9 Å². The van der Waals surface area contributed by atoms with E-state index in [0.29, 0.717) is 29.0 Å². The molecule has 4 aromatic rings. The van der Waals surface area contributed by atoms with E-state index in [-0.39, 0.29) is 17.0 Å². The topological polar surface area (TPSA) is 88.0 Å². The van der Waals surface area contributed by atoms with Gasteiger partial charge in [-0.2, -0.15) is 5.26 Å². The van der Waals surface area contributed by atoms with Gasteiger partial charge in [0, 0.05) is 0 Å². The number of methoxy groups -OCH3 is 1. The number of nitriles is 1. The molecule has 3 aromatic carbocycles. The highest BCUT2D eigenvalue weighted by Crippen LogP contribution is 2.30. The van der Waals surface area contributed by atoms with Crippen molar-refractivity contribution in [1.82, 2.24) is 9.97 Å². The molecular formula is C27H23N3O3. The number of hydrogen-bond donors (Lipinski definition) is 1. The fourth-order valence-corrected chi connectivity index (χ4v) is 3.54. The standard InChI is InChI=1S/C27H23N3O3/c1-17-8-9-18(2)21(12-17)16-33-24-11-10-19(14-25(24)32-3)13-20(15-28)26-29-23-7-5-4-6-22(23)27(31)30-26/h4-14H,16H2,1-3H3,(H,29,30,31)/b20-13-. The molecule has 6 heteroatoms. The second-order valence-electron chi connectivity index (χ2n) is 7.73. The van der Waals surface area contributed by atoms with E-state index in [1.807, 2.05) is 6.07 Å². The Morgan fingerprint density at radius 1 is 1.09 bits per heavy atom. The van der Waals surface area contributed by atoms with Crippen LogP contribution in [0.2, 0.25) is 0 Å². The van der Waals surface area contributed by atoms with E-state index in [1.54, 1.807) is 49.6 Å². The number of benzene rings is 3. The van der Waals surface area contributed by atoms with Crippen molar-refractivity contribution in [3.8, 4) is 17.6 Å². The lowest BCUT2D eigenvalue weighted by atomic mass is 10.1. The van der Waals surface area contributed by atoms with Crippen molar-refractivity contribution >= 4 is 22.6 Å². The molecule has 0 bridgehead atoms. The minimum atomic E-state index is -0.287. The summed E-state index contributed by atoms with van der Waals surface area (Å²) in [7, 11) is 1.57. The van der Waals surface area contributed by atoms with Gasteiger partial charge in [0.1, 0.15) is 12.7 Å². The van der Waals surface area contributed by atoms with Gasteiger partial charge in [-0.3, -0.25) is 4.79 Å². The number of nitrogens with zero attached hydrogens (tertiary/aromatic N) is 2. The van der Waals surface area contributed by atoms with Crippen molar-refractivity contribution in [3.63, 3.8) is 0 Å². The molecule has 0 aliphatic rings. The molecule has 6 nitrogen and oxygen atoms in total. The minimum Gasteiger partial charge on any atom is -0.493 e. The van der Waals surface area contributed by atoms with Crippen molar-refractivity contribution in [3.05, 3.63) is 99.1 Å². The molecule has 33 heavy (non-hydrogen) atoms. The minimum absolute atomic E-state index is 0.218. The summed E-state index contributed by atoms with van der Waals surface area (Å²) in [5, 5.41) is 10.2. The van der Waals surface area contributed by atoms with Crippen molar-refractivity contribution in [2.24, 2.45) is 0 Å². The average molecular weight is 437 g/mol. The molecule has 1 N–H and O–H groups in total. The number of aromatic amines is 1. The number of aryl methyl sites for hydroxylation is 2. The van der Waals surface area contributed by atoms with Crippen LogP contribution < -0.4 is 15.0 Å². The number of rotatable bonds is 6. The van der Waals surface area contributed by atoms with Crippen molar-refractivity contribution in [2.45, 2.75) is 20.5 Å². The summed E-state index contributed by atoms with van der Waals surface area (Å²) in [6.45, 7) is 4.53. The Hall–Kier alpha value is -4.37. The van der Waals surface area contributed by atoms with Crippen LogP contribution in [0.5, 0.6) is 11.5 Å². The first kappa shape index (κ1) is 21.8. The van der Waals surface area contributed by atoms with Crippen LogP contribution in [0, 0.1) is 25.2 Å². The van der Waals surface area contributed by atoms with Crippen molar-refractivity contribution < 1.29 is 9.47 Å². The van der Waals surface area contributed by atoms with Gasteiger partial charge in [0.2, 0.25) is 0 Å². The molecule has 0 saturated heterocycles. The molecule has 0 spiro atoms. The van der Waals surface area contributed by atoms with Gasteiger partial charge in [0.15, 0.2) is 17.3 Å². The number of H-pyrrole nitrogens is 1. The van der Waals surface area contributed by atoms with Crippen LogP contribution in [0.25, 0.3) is 22.6 Å². The monoisotopic (exact) mass is 437 g/mol. The first-order valence-corrected chi connectivity index (χ1v) is 10.5. The van der Waals surface area contributed by atoms with Crippen LogP contribution in [-0.2, 0) is 6.61 Å². The van der Waals surface area contributed by atoms with E-state index >= 15 is 0 Å². The first-order chi connectivity index (χ1) is 16.0. The summed E-state index contributed by atoms with van der Waals surface area (Å²) in [5.41, 5.74) is 4.65. The lowest BCUT2D eigenvalue weighted by Gasteiger charge is -2.13. The summed E-state index contributed by atoms with van der Waals surface area (Å²) in [5.74, 6) is 1.37. The molecule has 0 radical (unpaired) electrons. The molecule has 0 amide bonds. The summed E-state index contributed by atoms with van der Waals surface area (Å²) in [6.07, 6.45) is 1.66. The van der Waals surface area contributed by atoms with E-state index < -0.39 is 0 Å². The van der Waals surface area contributed by atoms with Crippen molar-refractivity contribution in [1.29, 1.82) is 5.26 Å². The normalized spacial score (nSPS) is 11.3. The second-order valence-corrected chi connectivity index (χ2v) is 7.73. The Balaban J connectivity index is 1.63. The van der Waals surface area contributed by atoms with E-state index in [1.165, 1.54) is 5.56 Å². The van der Waals surface area contributed by atoms with Gasteiger partial charge < -0.3 is 14.5 Å². The fourth-order valence-electron chi connectivity index (χ4n) is 3.54. The maximum Gasteiger partial charge on any atom is 0.259 e. The predicted octanol–water partition coefficient (Wildman–Crippen LogP) is 5.19. The highest BCUT2D eigenvalue weighted by atomic mass is 16.5. The summed E-state index contributed by atoms with van der Waals surface area (Å²) in [6, 6.07) is 20.8. The van der Waals surface area contributed by atoms with Crippen LogP contribution in [0.3, 0.4) is 0 Å². The van der Waals surface area contributed by atoms with E-state index in [0.717, 1.165) is 16.7 Å². The number of allylic oxidation sites excluding steroid dienone is 1. The van der Waals surface area contributed by atoms with Gasteiger partial charge in [-0.1, -0.05) is 42.0 Å². The molecule has 0 unspecified atom stereocenters. The molecule has 0 aliphatic carbocycles. The van der Waals surface area contributed by atoms with Gasteiger partial charge in [-0.15, -0.1) is 0 Å². The number of aromatic nitrogens is 2. The number of nitrogens with one attached hydrogen (secondary N) is 1. The molecule has 0 saturated carbocycles. The second kappa shape index (κ2) is 9.41. The van der Waals surface area contributed by atoms with Crippen LogP contribution >= 0.6 is 0 Å². The first-order valence-electron chi connectivity index (χ1n) is 10.5. The molecular weight excluding hydrogens is 414 g/mol. The molecule has 0 fully saturated rings. The summed E-state index contributed by atoms with van der Waals surface area (Å²) < 4.78 is 11.5. The Labute approximate surface area is 191 Å². The van der Waals surface area contributed by atoms with Crippen LogP contribution in [0.15, 0.2) is 65.5 Å². The number of para-hydroxylation sites is 1. The van der Waals surface area contributed by atoms with E-state index in [4.69, 9.17) is 9.47 Å². The zero-order chi connectivity index (χ0) is 23.4. The van der Waals surface area contributed by atoms with Gasteiger partial charge in [0.05, 0.1) is 23.6 Å². The Morgan fingerprint density at radius 3 is 2.70 bits per heavy atom. The fraction of sp³-hybridized carbons (Fsp3) is 0.148. The molecule has 1 aromatic heterocycles. The summed E-state index contributed by atoms with van der Waals surface area (Å²) >= 11 is 0. The Bertz CT molecular complexity index is 1460. The quantitative estimate of drug-likeness (QED) is 0.419. The highest BCUT2D eigenvalue weighted by molar-refractivity contribution is 5.89. The lowest BCUT2D eigenvalue weighted by molar-refractivity contribution is 0.284. The third-order valence-electron chi connectivity index (χ3n) is 5.37. The highest BCUT2D eigenvalue weighted by Gasteiger charge is 2.11. The van der Waals surface area contributed by atoms with Gasteiger partial charge >= 0.3 is 0 Å². The largest absolute Gasteiger partial charge is 0.493 e. The molecule has 0 atom stereocenters. The van der Waals surface area contributed by atoms with E-state index in [2.05, 4.69) is 48.1 Å². The smallest absolute Gasteiger partial charge is 0.259 e. The zero-order valence-electron chi connectivity index (χ0n) is 18.7. The SMILES string of the molecule is COc1cc(/C=C(/C#N)c2nc3ccccc3c(=O)[nH]2)ccc1OCc1cc(C)ccc1C. The molecule has 1 heterocycles. The maximum absolute atomic E-state index is 12.4. The molecule has 4 rings (SSSR count). The zero-order valence-corrected chi connectivity index (χ0v) is 18.7. The average Bonchev–Trinajstić information content (AvgIpc) is 2.83. The van der Waals surface area contributed by atoms with Crippen molar-refractivity contribution in [2.75, 3.05) is 7.11 Å². The summed E-state index contributed by atoms with van der Waals surface area (Å²) in [4.78, 5) is 19.5. The van der Waals surface area contributed by atoms with Crippen LogP contribution in [-0.4, -0.2) is 17.1 Å². The predicted molar refractivity (Wildman–Crippen MR) is 129 cm³/mol. The Kier molecular flexibility index (Phi) is 6.23. The van der Waals surface area contributed by atoms with Crippen LogP contribution in [0.1, 0.15) is 28.1 Å². The molecule has 0 aliphatic heterocycles. The number of ether oxygens (including phenoxy) is 2. The lowest BCUT2D eigenvalue weighted by Crippen LogP contribution is -2.11. The number of hydrogen-bond acceptors (Lipinski definition) is 5. The third kappa shape index (κ3) is 4.78. The molecule has 164 valence electrons. The number of fused-ring (bicyclic) bond motifs is 1. The third-order valence-corrected chi connectivity index (χ3v) is 5.37. The van der Waals surface area contributed by atoms with Gasteiger partial charge in [0.25, 0.3) is 5.56 Å². The Morgan fingerprint density at radius 2 is 1.91 bits per heavy atom. The van der Waals surface area contributed by atoms with Gasteiger partial charge in [-0.25, -0.2) is 4.98 Å².